The molecule has 3 aromatic rings. The van der Waals surface area contributed by atoms with Gasteiger partial charge in [-0.05, 0) is 49.2 Å². The number of thiophene rings is 1. The second-order valence-corrected chi connectivity index (χ2v) is 8.31. The van der Waals surface area contributed by atoms with Gasteiger partial charge in [0.05, 0.1) is 16.6 Å². The second kappa shape index (κ2) is 8.07. The van der Waals surface area contributed by atoms with E-state index in [0.717, 1.165) is 11.1 Å². The van der Waals surface area contributed by atoms with Crippen LogP contribution in [-0.4, -0.2) is 18.4 Å². The molecule has 1 heterocycles. The number of nitrogens with one attached hydrogen (secondary N) is 2. The van der Waals surface area contributed by atoms with Gasteiger partial charge in [0.2, 0.25) is 5.91 Å². The van der Waals surface area contributed by atoms with Gasteiger partial charge in [0.15, 0.2) is 0 Å². The zero-order valence-corrected chi connectivity index (χ0v) is 17.5. The average molecular weight is 442 g/mol. The van der Waals surface area contributed by atoms with Crippen LogP contribution in [0.25, 0.3) is 10.1 Å². The van der Waals surface area contributed by atoms with Crippen molar-refractivity contribution in [2.24, 2.45) is 0 Å². The van der Waals surface area contributed by atoms with Crippen LogP contribution >= 0.6 is 46.1 Å². The van der Waals surface area contributed by atoms with Gasteiger partial charge in [-0.1, -0.05) is 40.9 Å². The first-order valence-corrected chi connectivity index (χ1v) is 9.93. The predicted molar refractivity (Wildman–Crippen MR) is 114 cm³/mol. The molecule has 0 bridgehead atoms. The number of rotatable bonds is 4. The van der Waals surface area contributed by atoms with E-state index in [0.29, 0.717) is 25.8 Å². The summed E-state index contributed by atoms with van der Waals surface area (Å²) in [5.74, 6) is -0.770. The molecule has 1 aromatic heterocycles. The molecule has 0 saturated heterocycles. The van der Waals surface area contributed by atoms with E-state index in [1.54, 1.807) is 12.1 Å². The van der Waals surface area contributed by atoms with Crippen LogP contribution in [0.4, 0.5) is 5.69 Å². The minimum atomic E-state index is -0.441. The number of hydrogen-bond donors (Lipinski definition) is 2. The second-order valence-electron chi connectivity index (χ2n) is 6.04. The lowest BCUT2D eigenvalue weighted by atomic mass is 10.1. The van der Waals surface area contributed by atoms with E-state index in [9.17, 15) is 9.59 Å². The zero-order chi connectivity index (χ0) is 19.7. The van der Waals surface area contributed by atoms with Crippen LogP contribution in [0.1, 0.15) is 20.8 Å². The summed E-state index contributed by atoms with van der Waals surface area (Å²) in [5, 5.41) is 7.01. The Morgan fingerprint density at radius 3 is 2.48 bits per heavy atom. The monoisotopic (exact) mass is 440 g/mol. The number of fused-ring (bicyclic) bond motifs is 1. The van der Waals surface area contributed by atoms with Crippen molar-refractivity contribution in [2.75, 3.05) is 11.9 Å². The molecule has 27 heavy (non-hydrogen) atoms. The molecule has 140 valence electrons. The highest BCUT2D eigenvalue weighted by atomic mass is 35.5. The number of anilines is 1. The number of hydrogen-bond acceptors (Lipinski definition) is 3. The molecule has 0 unspecified atom stereocenters. The van der Waals surface area contributed by atoms with Crippen LogP contribution in [0.5, 0.6) is 0 Å². The number of carbonyl (C=O) groups excluding carboxylic acids is 2. The van der Waals surface area contributed by atoms with E-state index < -0.39 is 5.91 Å². The van der Waals surface area contributed by atoms with Crippen molar-refractivity contribution in [3.63, 3.8) is 0 Å². The molecule has 8 heteroatoms. The van der Waals surface area contributed by atoms with Gasteiger partial charge in [-0.2, -0.15) is 0 Å². The molecular weight excluding hydrogens is 427 g/mol. The fraction of sp³-hybridized carbons (Fsp3) is 0.158. The maximum absolute atomic E-state index is 12.4. The first-order valence-electron chi connectivity index (χ1n) is 7.98. The fourth-order valence-corrected chi connectivity index (χ4v) is 4.82. The van der Waals surface area contributed by atoms with E-state index in [4.69, 9.17) is 34.8 Å². The molecule has 0 aliphatic heterocycles. The van der Waals surface area contributed by atoms with Crippen molar-refractivity contribution in [2.45, 2.75) is 13.8 Å². The van der Waals surface area contributed by atoms with Gasteiger partial charge in [0.1, 0.15) is 4.88 Å². The minimum Gasteiger partial charge on any atom is -0.342 e. The van der Waals surface area contributed by atoms with Crippen molar-refractivity contribution in [1.82, 2.24) is 5.32 Å². The first kappa shape index (κ1) is 20.0. The topological polar surface area (TPSA) is 58.2 Å². The van der Waals surface area contributed by atoms with Crippen molar-refractivity contribution >= 4 is 73.7 Å². The van der Waals surface area contributed by atoms with Crippen molar-refractivity contribution in [1.29, 1.82) is 0 Å². The van der Waals surface area contributed by atoms with Gasteiger partial charge in [-0.25, -0.2) is 0 Å². The fourth-order valence-electron chi connectivity index (χ4n) is 2.52. The quantitative estimate of drug-likeness (QED) is 0.534. The molecule has 0 fully saturated rings. The Morgan fingerprint density at radius 1 is 1.04 bits per heavy atom. The number of halogens is 3. The zero-order valence-electron chi connectivity index (χ0n) is 14.5. The summed E-state index contributed by atoms with van der Waals surface area (Å²) in [6.45, 7) is 3.79. The Hall–Kier alpha value is -1.79. The van der Waals surface area contributed by atoms with Gasteiger partial charge in [-0.15, -0.1) is 11.3 Å². The summed E-state index contributed by atoms with van der Waals surface area (Å²) < 4.78 is 0.710. The Labute approximate surface area is 175 Å². The summed E-state index contributed by atoms with van der Waals surface area (Å²) in [7, 11) is 0. The SMILES string of the molecule is Cc1ccc(NC(=O)CNC(=O)c2sc3cc(Cl)cc(Cl)c3c2Cl)cc1C. The predicted octanol–water partition coefficient (Wildman–Crippen LogP) is 5.85. The van der Waals surface area contributed by atoms with E-state index in [2.05, 4.69) is 10.6 Å². The summed E-state index contributed by atoms with van der Waals surface area (Å²) >= 11 is 19.6. The Morgan fingerprint density at radius 2 is 1.78 bits per heavy atom. The molecular formula is C19H15Cl3N2O2S. The molecule has 4 nitrogen and oxygen atoms in total. The number of amides is 2. The number of carbonyl (C=O) groups is 2. The minimum absolute atomic E-state index is 0.176. The molecule has 0 spiro atoms. The van der Waals surface area contributed by atoms with Crippen molar-refractivity contribution in [3.05, 3.63) is 61.4 Å². The standard InChI is InChI=1S/C19H15Cl3N2O2S/c1-9-3-4-12(5-10(9)2)24-15(25)8-23-19(26)18-17(22)16-13(21)6-11(20)7-14(16)27-18/h3-7H,8H2,1-2H3,(H,23,26)(H,24,25). The highest BCUT2D eigenvalue weighted by Gasteiger charge is 2.20. The van der Waals surface area contributed by atoms with E-state index in [1.807, 2.05) is 32.0 Å². The normalized spacial score (nSPS) is 10.9. The molecule has 0 saturated carbocycles. The number of aryl methyl sites for hydroxylation is 2. The van der Waals surface area contributed by atoms with E-state index in [-0.39, 0.29) is 22.4 Å². The average Bonchev–Trinajstić information content (AvgIpc) is 2.93. The lowest BCUT2D eigenvalue weighted by Crippen LogP contribution is -2.32. The largest absolute Gasteiger partial charge is 0.342 e. The van der Waals surface area contributed by atoms with Gasteiger partial charge in [-0.3, -0.25) is 9.59 Å². The van der Waals surface area contributed by atoms with Crippen LogP contribution in [0.3, 0.4) is 0 Å². The smallest absolute Gasteiger partial charge is 0.263 e. The van der Waals surface area contributed by atoms with Crippen molar-refractivity contribution in [3.8, 4) is 0 Å². The van der Waals surface area contributed by atoms with Gasteiger partial charge in [0.25, 0.3) is 5.91 Å². The molecule has 0 aliphatic carbocycles. The highest BCUT2D eigenvalue weighted by Crippen LogP contribution is 2.41. The third kappa shape index (κ3) is 4.38. The Bertz CT molecular complexity index is 1060. The van der Waals surface area contributed by atoms with Crippen LogP contribution in [0, 0.1) is 13.8 Å². The van der Waals surface area contributed by atoms with Crippen LogP contribution < -0.4 is 10.6 Å². The van der Waals surface area contributed by atoms with E-state index in [1.165, 1.54) is 11.3 Å². The van der Waals surface area contributed by atoms with Crippen LogP contribution in [0.2, 0.25) is 15.1 Å². The summed E-state index contributed by atoms with van der Waals surface area (Å²) in [5.41, 5.74) is 2.89. The molecule has 2 N–H and O–H groups in total. The van der Waals surface area contributed by atoms with Crippen molar-refractivity contribution < 1.29 is 9.59 Å². The summed E-state index contributed by atoms with van der Waals surface area (Å²) in [6.07, 6.45) is 0. The van der Waals surface area contributed by atoms with Gasteiger partial charge < -0.3 is 10.6 Å². The highest BCUT2D eigenvalue weighted by molar-refractivity contribution is 7.21. The van der Waals surface area contributed by atoms with E-state index >= 15 is 0 Å². The summed E-state index contributed by atoms with van der Waals surface area (Å²) in [4.78, 5) is 24.8. The van der Waals surface area contributed by atoms with Crippen LogP contribution in [0.15, 0.2) is 30.3 Å². The first-order chi connectivity index (χ1) is 12.8. The maximum Gasteiger partial charge on any atom is 0.263 e. The number of benzene rings is 2. The third-order valence-corrected chi connectivity index (χ3v) is 6.20. The van der Waals surface area contributed by atoms with Crippen LogP contribution in [-0.2, 0) is 4.79 Å². The molecule has 0 radical (unpaired) electrons. The molecule has 2 amide bonds. The molecule has 2 aromatic carbocycles. The Kier molecular flexibility index (Phi) is 5.96. The third-order valence-electron chi connectivity index (χ3n) is 4.06. The molecule has 3 rings (SSSR count). The molecule has 0 aliphatic rings. The van der Waals surface area contributed by atoms with Gasteiger partial charge in [0, 0.05) is 20.8 Å². The lowest BCUT2D eigenvalue weighted by molar-refractivity contribution is -0.115. The Balaban J connectivity index is 1.69. The lowest BCUT2D eigenvalue weighted by Gasteiger charge is -2.08. The van der Waals surface area contributed by atoms with Gasteiger partial charge >= 0.3 is 0 Å². The summed E-state index contributed by atoms with van der Waals surface area (Å²) in [6, 6.07) is 8.89. The maximum atomic E-state index is 12.4. The molecule has 0 atom stereocenters.